The normalized spacial score (nSPS) is 27.6. The number of thioether (sulfide) groups is 1. The van der Waals surface area contributed by atoms with E-state index in [2.05, 4.69) is 37.2 Å². The Morgan fingerprint density at radius 1 is 1.47 bits per heavy atom. The van der Waals surface area contributed by atoms with Crippen molar-refractivity contribution < 1.29 is 0 Å². The van der Waals surface area contributed by atoms with Gasteiger partial charge in [0.05, 0.1) is 0 Å². The molecule has 2 nitrogen and oxygen atoms in total. The van der Waals surface area contributed by atoms with Crippen LogP contribution in [-0.2, 0) is 0 Å². The van der Waals surface area contributed by atoms with Crippen molar-refractivity contribution >= 4 is 11.8 Å². The highest BCUT2D eigenvalue weighted by atomic mass is 32.2. The lowest BCUT2D eigenvalue weighted by molar-refractivity contribution is 0.170. The summed E-state index contributed by atoms with van der Waals surface area (Å²) < 4.78 is 0. The van der Waals surface area contributed by atoms with Crippen LogP contribution in [0.4, 0.5) is 0 Å². The molecule has 0 bridgehead atoms. The summed E-state index contributed by atoms with van der Waals surface area (Å²) >= 11 is 1.97. The maximum absolute atomic E-state index is 3.64. The predicted octanol–water partition coefficient (Wildman–Crippen LogP) is 2.06. The van der Waals surface area contributed by atoms with Crippen LogP contribution >= 0.6 is 11.8 Å². The van der Waals surface area contributed by atoms with Crippen LogP contribution in [0.5, 0.6) is 0 Å². The lowest BCUT2D eigenvalue weighted by atomic mass is 9.97. The molecule has 3 unspecified atom stereocenters. The lowest BCUT2D eigenvalue weighted by Crippen LogP contribution is -2.54. The van der Waals surface area contributed by atoms with Crippen molar-refractivity contribution in [3.05, 3.63) is 0 Å². The van der Waals surface area contributed by atoms with Gasteiger partial charge in [-0.3, -0.25) is 4.90 Å². The van der Waals surface area contributed by atoms with Gasteiger partial charge in [0, 0.05) is 37.5 Å². The van der Waals surface area contributed by atoms with Crippen molar-refractivity contribution in [2.45, 2.75) is 38.5 Å². The largest absolute Gasteiger partial charge is 0.311 e. The van der Waals surface area contributed by atoms with Crippen LogP contribution in [0.3, 0.4) is 0 Å². The summed E-state index contributed by atoms with van der Waals surface area (Å²) in [6.07, 6.45) is 3.49. The van der Waals surface area contributed by atoms with Crippen LogP contribution in [0.15, 0.2) is 0 Å². The molecule has 1 fully saturated rings. The maximum Gasteiger partial charge on any atom is 0.0221 e. The zero-order chi connectivity index (χ0) is 11.3. The zero-order valence-electron chi connectivity index (χ0n) is 10.6. The molecule has 0 aromatic rings. The van der Waals surface area contributed by atoms with Gasteiger partial charge in [0.25, 0.3) is 0 Å². The summed E-state index contributed by atoms with van der Waals surface area (Å²) in [5.41, 5.74) is 0. The van der Waals surface area contributed by atoms with Crippen LogP contribution in [0, 0.1) is 5.92 Å². The highest BCUT2D eigenvalue weighted by Crippen LogP contribution is 2.14. The molecule has 1 N–H and O–H groups in total. The van der Waals surface area contributed by atoms with Crippen LogP contribution in [0.25, 0.3) is 0 Å². The second-order valence-corrected chi connectivity index (χ2v) is 6.03. The fourth-order valence-electron chi connectivity index (χ4n) is 2.11. The predicted molar refractivity (Wildman–Crippen MR) is 70.7 cm³/mol. The first kappa shape index (κ1) is 13.3. The second-order valence-electron chi connectivity index (χ2n) is 4.75. The van der Waals surface area contributed by atoms with E-state index < -0.39 is 0 Å². The third-order valence-corrected chi connectivity index (χ3v) is 4.49. The van der Waals surface area contributed by atoms with E-state index in [1.165, 1.54) is 26.1 Å². The molecule has 0 radical (unpaired) electrons. The van der Waals surface area contributed by atoms with Crippen molar-refractivity contribution in [3.63, 3.8) is 0 Å². The number of hydrogen-bond acceptors (Lipinski definition) is 3. The molecule has 0 saturated carbocycles. The Labute approximate surface area is 99.2 Å². The van der Waals surface area contributed by atoms with E-state index in [4.69, 9.17) is 0 Å². The Hall–Kier alpha value is 0.270. The van der Waals surface area contributed by atoms with E-state index in [-0.39, 0.29) is 0 Å². The van der Waals surface area contributed by atoms with Gasteiger partial charge in [-0.05, 0) is 12.2 Å². The SMILES string of the molecule is CCC(C)C1CN(CC(C)SC)CCN1. The van der Waals surface area contributed by atoms with Gasteiger partial charge in [0.2, 0.25) is 0 Å². The minimum absolute atomic E-state index is 0.706. The molecular weight excluding hydrogens is 204 g/mol. The quantitative estimate of drug-likeness (QED) is 0.778. The average molecular weight is 230 g/mol. The van der Waals surface area contributed by atoms with E-state index in [1.54, 1.807) is 0 Å². The molecule has 1 aliphatic heterocycles. The summed E-state index contributed by atoms with van der Waals surface area (Å²) in [5.74, 6) is 0.803. The molecule has 1 rings (SSSR count). The fourth-order valence-corrected chi connectivity index (χ4v) is 2.47. The van der Waals surface area contributed by atoms with Crippen LogP contribution < -0.4 is 5.32 Å². The molecule has 3 atom stereocenters. The summed E-state index contributed by atoms with van der Waals surface area (Å²) in [5, 5.41) is 4.41. The van der Waals surface area contributed by atoms with E-state index in [0.717, 1.165) is 17.7 Å². The zero-order valence-corrected chi connectivity index (χ0v) is 11.4. The van der Waals surface area contributed by atoms with Gasteiger partial charge in [-0.1, -0.05) is 27.2 Å². The van der Waals surface area contributed by atoms with Crippen LogP contribution in [0.1, 0.15) is 27.2 Å². The van der Waals surface area contributed by atoms with E-state index >= 15 is 0 Å². The number of nitrogens with one attached hydrogen (secondary N) is 1. The first-order valence-electron chi connectivity index (χ1n) is 6.15. The molecule has 0 aromatic carbocycles. The Balaban J connectivity index is 2.35. The molecule has 15 heavy (non-hydrogen) atoms. The smallest absolute Gasteiger partial charge is 0.0221 e. The Bertz CT molecular complexity index is 175. The molecule has 1 aliphatic rings. The Morgan fingerprint density at radius 2 is 2.20 bits per heavy atom. The monoisotopic (exact) mass is 230 g/mol. The first-order chi connectivity index (χ1) is 7.17. The number of nitrogens with zero attached hydrogens (tertiary/aromatic N) is 1. The van der Waals surface area contributed by atoms with E-state index in [1.807, 2.05) is 11.8 Å². The third kappa shape index (κ3) is 4.33. The standard InChI is InChI=1S/C12H26N2S/c1-5-10(2)12-9-14(7-6-13-12)8-11(3)15-4/h10-13H,5-9H2,1-4H3. The maximum atomic E-state index is 3.64. The van der Waals surface area contributed by atoms with Gasteiger partial charge in [-0.25, -0.2) is 0 Å². The fraction of sp³-hybridized carbons (Fsp3) is 1.00. The van der Waals surface area contributed by atoms with Gasteiger partial charge in [-0.2, -0.15) is 11.8 Å². The minimum atomic E-state index is 0.706. The van der Waals surface area contributed by atoms with Crippen molar-refractivity contribution in [3.8, 4) is 0 Å². The van der Waals surface area contributed by atoms with Gasteiger partial charge in [0.15, 0.2) is 0 Å². The number of rotatable bonds is 5. The molecule has 0 spiro atoms. The molecule has 1 saturated heterocycles. The lowest BCUT2D eigenvalue weighted by Gasteiger charge is -2.37. The highest BCUT2D eigenvalue weighted by molar-refractivity contribution is 7.99. The van der Waals surface area contributed by atoms with Gasteiger partial charge in [-0.15, -0.1) is 0 Å². The molecule has 0 amide bonds. The van der Waals surface area contributed by atoms with Crippen LogP contribution in [-0.4, -0.2) is 48.6 Å². The van der Waals surface area contributed by atoms with Crippen LogP contribution in [0.2, 0.25) is 0 Å². The molecule has 0 aliphatic carbocycles. The average Bonchev–Trinajstić information content (AvgIpc) is 2.28. The van der Waals surface area contributed by atoms with Crippen molar-refractivity contribution in [2.75, 3.05) is 32.4 Å². The van der Waals surface area contributed by atoms with Crippen molar-refractivity contribution in [2.24, 2.45) is 5.92 Å². The Kier molecular flexibility index (Phi) is 6.02. The number of piperazine rings is 1. The van der Waals surface area contributed by atoms with Gasteiger partial charge >= 0.3 is 0 Å². The summed E-state index contributed by atoms with van der Waals surface area (Å²) in [4.78, 5) is 2.62. The number of hydrogen-bond donors (Lipinski definition) is 1. The van der Waals surface area contributed by atoms with Crippen molar-refractivity contribution in [1.82, 2.24) is 10.2 Å². The minimum Gasteiger partial charge on any atom is -0.311 e. The summed E-state index contributed by atoms with van der Waals surface area (Å²) in [6.45, 7) is 11.8. The van der Waals surface area contributed by atoms with Gasteiger partial charge < -0.3 is 5.32 Å². The van der Waals surface area contributed by atoms with E-state index in [9.17, 15) is 0 Å². The first-order valence-corrected chi connectivity index (χ1v) is 7.44. The summed E-state index contributed by atoms with van der Waals surface area (Å²) in [7, 11) is 0. The molecular formula is C12H26N2S. The molecule has 90 valence electrons. The Morgan fingerprint density at radius 3 is 2.80 bits per heavy atom. The second kappa shape index (κ2) is 6.77. The molecule has 3 heteroatoms. The molecule has 1 heterocycles. The molecule has 0 aromatic heterocycles. The van der Waals surface area contributed by atoms with Gasteiger partial charge in [0.1, 0.15) is 0 Å². The van der Waals surface area contributed by atoms with Crippen molar-refractivity contribution in [1.29, 1.82) is 0 Å². The third-order valence-electron chi connectivity index (χ3n) is 3.54. The highest BCUT2D eigenvalue weighted by Gasteiger charge is 2.23. The topological polar surface area (TPSA) is 15.3 Å². The van der Waals surface area contributed by atoms with E-state index in [0.29, 0.717) is 6.04 Å². The summed E-state index contributed by atoms with van der Waals surface area (Å²) in [6, 6.07) is 0.706.